The number of nitrogens with two attached hydrogens (primary N) is 1. The largest absolute Gasteiger partial charge is 0.398 e. The summed E-state index contributed by atoms with van der Waals surface area (Å²) in [7, 11) is 0. The van der Waals surface area contributed by atoms with E-state index in [1.807, 2.05) is 4.90 Å². The quantitative estimate of drug-likeness (QED) is 0.803. The first-order valence-corrected chi connectivity index (χ1v) is 7.25. The molecule has 0 saturated heterocycles. The molecule has 1 amide bonds. The van der Waals surface area contributed by atoms with Crippen LogP contribution in [-0.2, 0) is 0 Å². The average Bonchev–Trinajstić information content (AvgIpc) is 2.41. The third kappa shape index (κ3) is 3.87. The topological polar surface area (TPSA) is 46.3 Å². The van der Waals surface area contributed by atoms with Gasteiger partial charge in [-0.2, -0.15) is 0 Å². The van der Waals surface area contributed by atoms with E-state index < -0.39 is 0 Å². The summed E-state index contributed by atoms with van der Waals surface area (Å²) in [4.78, 5) is 14.5. The molecule has 0 bridgehead atoms. The van der Waals surface area contributed by atoms with Crippen LogP contribution in [0.2, 0.25) is 5.02 Å². The molecule has 4 heteroatoms. The Kier molecular flexibility index (Phi) is 6.16. The number of carbonyl (C=O) groups is 1. The number of halogens is 1. The van der Waals surface area contributed by atoms with Gasteiger partial charge in [-0.25, -0.2) is 0 Å². The maximum Gasteiger partial charge on any atom is 0.255 e. The van der Waals surface area contributed by atoms with Crippen LogP contribution in [-0.4, -0.2) is 23.4 Å². The molecule has 0 aliphatic heterocycles. The van der Waals surface area contributed by atoms with Crippen LogP contribution < -0.4 is 5.73 Å². The number of carbonyl (C=O) groups excluding carboxylic acids is 1. The van der Waals surface area contributed by atoms with Gasteiger partial charge in [-0.3, -0.25) is 4.79 Å². The highest BCUT2D eigenvalue weighted by atomic mass is 35.5. The molecular weight excluding hydrogens is 260 g/mol. The van der Waals surface area contributed by atoms with Crippen molar-refractivity contribution < 1.29 is 4.79 Å². The summed E-state index contributed by atoms with van der Waals surface area (Å²) in [5.74, 6) is -0.0277. The lowest BCUT2D eigenvalue weighted by Gasteiger charge is -2.29. The first-order chi connectivity index (χ1) is 9.02. The number of unbranched alkanes of at least 4 members (excludes halogenated alkanes) is 1. The monoisotopic (exact) mass is 282 g/mol. The van der Waals surface area contributed by atoms with Crippen molar-refractivity contribution in [3.05, 3.63) is 28.8 Å². The van der Waals surface area contributed by atoms with Crippen molar-refractivity contribution in [3.8, 4) is 0 Å². The van der Waals surface area contributed by atoms with E-state index in [1.54, 1.807) is 18.2 Å². The van der Waals surface area contributed by atoms with Gasteiger partial charge in [0, 0.05) is 12.6 Å². The molecule has 0 fully saturated rings. The first-order valence-electron chi connectivity index (χ1n) is 6.87. The number of nitrogen functional groups attached to an aromatic ring is 1. The fourth-order valence-electron chi connectivity index (χ4n) is 1.94. The third-order valence-electron chi connectivity index (χ3n) is 3.40. The van der Waals surface area contributed by atoms with Crippen LogP contribution in [0.1, 0.15) is 50.4 Å². The van der Waals surface area contributed by atoms with Gasteiger partial charge in [0.1, 0.15) is 0 Å². The van der Waals surface area contributed by atoms with Gasteiger partial charge in [-0.15, -0.1) is 0 Å². The zero-order chi connectivity index (χ0) is 14.4. The number of hydrogen-bond acceptors (Lipinski definition) is 2. The minimum Gasteiger partial charge on any atom is -0.398 e. The Hall–Kier alpha value is -1.22. The molecule has 3 nitrogen and oxygen atoms in total. The normalized spacial score (nSPS) is 12.2. The molecule has 0 aliphatic carbocycles. The van der Waals surface area contributed by atoms with E-state index in [4.69, 9.17) is 17.3 Å². The Bertz CT molecular complexity index is 434. The van der Waals surface area contributed by atoms with E-state index >= 15 is 0 Å². The van der Waals surface area contributed by atoms with Gasteiger partial charge in [-0.1, -0.05) is 37.9 Å². The molecule has 1 atom stereocenters. The maximum atomic E-state index is 12.6. The highest BCUT2D eigenvalue weighted by Crippen LogP contribution is 2.25. The minimum atomic E-state index is -0.0277. The maximum absolute atomic E-state index is 12.6. The second kappa shape index (κ2) is 7.39. The van der Waals surface area contributed by atoms with E-state index in [0.717, 1.165) is 25.8 Å². The van der Waals surface area contributed by atoms with Crippen molar-refractivity contribution in [1.82, 2.24) is 4.90 Å². The molecule has 106 valence electrons. The van der Waals surface area contributed by atoms with E-state index in [0.29, 0.717) is 16.3 Å². The average molecular weight is 283 g/mol. The van der Waals surface area contributed by atoms with Crippen LogP contribution in [0.5, 0.6) is 0 Å². The van der Waals surface area contributed by atoms with Crippen LogP contribution in [0.4, 0.5) is 5.69 Å². The van der Waals surface area contributed by atoms with Crippen molar-refractivity contribution >= 4 is 23.2 Å². The molecule has 0 spiro atoms. The number of amides is 1. The van der Waals surface area contributed by atoms with E-state index in [-0.39, 0.29) is 11.9 Å². The van der Waals surface area contributed by atoms with Crippen molar-refractivity contribution in [1.29, 1.82) is 0 Å². The van der Waals surface area contributed by atoms with Crippen LogP contribution in [0.3, 0.4) is 0 Å². The molecule has 0 heterocycles. The first kappa shape index (κ1) is 15.8. The Morgan fingerprint density at radius 2 is 2.11 bits per heavy atom. The standard InChI is InChI=1S/C15H23ClN2O/c1-4-6-10-18(11(3)5-2)15(19)12-8-7-9-13(17)14(12)16/h7-9,11H,4-6,10,17H2,1-3H3. The summed E-state index contributed by atoms with van der Waals surface area (Å²) in [6.07, 6.45) is 2.98. The molecule has 19 heavy (non-hydrogen) atoms. The van der Waals surface area contributed by atoms with Crippen molar-refractivity contribution in [2.75, 3.05) is 12.3 Å². The summed E-state index contributed by atoms with van der Waals surface area (Å²) in [5.41, 5.74) is 6.71. The van der Waals surface area contributed by atoms with Gasteiger partial charge < -0.3 is 10.6 Å². The van der Waals surface area contributed by atoms with Gasteiger partial charge in [0.05, 0.1) is 16.3 Å². The second-order valence-corrected chi connectivity index (χ2v) is 5.20. The Labute approximate surface area is 120 Å². The fraction of sp³-hybridized carbons (Fsp3) is 0.533. The second-order valence-electron chi connectivity index (χ2n) is 4.82. The zero-order valence-electron chi connectivity index (χ0n) is 11.9. The Balaban J connectivity index is 3.01. The van der Waals surface area contributed by atoms with Gasteiger partial charge in [0.2, 0.25) is 0 Å². The van der Waals surface area contributed by atoms with Crippen molar-refractivity contribution in [2.45, 2.75) is 46.1 Å². The third-order valence-corrected chi connectivity index (χ3v) is 3.82. The molecular formula is C15H23ClN2O. The van der Waals surface area contributed by atoms with Gasteiger partial charge >= 0.3 is 0 Å². The lowest BCUT2D eigenvalue weighted by Crippen LogP contribution is -2.39. The number of rotatable bonds is 6. The Morgan fingerprint density at radius 1 is 1.42 bits per heavy atom. The summed E-state index contributed by atoms with van der Waals surface area (Å²) in [6, 6.07) is 5.42. The summed E-state index contributed by atoms with van der Waals surface area (Å²) >= 11 is 6.14. The van der Waals surface area contributed by atoms with Crippen molar-refractivity contribution in [3.63, 3.8) is 0 Å². The molecule has 0 saturated carbocycles. The van der Waals surface area contributed by atoms with E-state index in [1.165, 1.54) is 0 Å². The number of nitrogens with zero attached hydrogens (tertiary/aromatic N) is 1. The highest BCUT2D eigenvalue weighted by molar-refractivity contribution is 6.36. The predicted molar refractivity (Wildman–Crippen MR) is 81.6 cm³/mol. The van der Waals surface area contributed by atoms with E-state index in [2.05, 4.69) is 20.8 Å². The van der Waals surface area contributed by atoms with Crippen LogP contribution in [0.25, 0.3) is 0 Å². The highest BCUT2D eigenvalue weighted by Gasteiger charge is 2.22. The van der Waals surface area contributed by atoms with Crippen molar-refractivity contribution in [2.24, 2.45) is 0 Å². The fourth-order valence-corrected chi connectivity index (χ4v) is 2.15. The number of benzene rings is 1. The number of hydrogen-bond donors (Lipinski definition) is 1. The summed E-state index contributed by atoms with van der Waals surface area (Å²) < 4.78 is 0. The van der Waals surface area contributed by atoms with Gasteiger partial charge in [0.25, 0.3) is 5.91 Å². The van der Waals surface area contributed by atoms with Crippen LogP contribution in [0.15, 0.2) is 18.2 Å². The molecule has 0 aromatic heterocycles. The molecule has 1 rings (SSSR count). The number of anilines is 1. The smallest absolute Gasteiger partial charge is 0.255 e. The summed E-state index contributed by atoms with van der Waals surface area (Å²) in [6.45, 7) is 7.02. The molecule has 2 N–H and O–H groups in total. The molecule has 1 aromatic carbocycles. The van der Waals surface area contributed by atoms with Gasteiger partial charge in [-0.05, 0) is 31.9 Å². The minimum absolute atomic E-state index is 0.0277. The lowest BCUT2D eigenvalue weighted by molar-refractivity contribution is 0.0685. The lowest BCUT2D eigenvalue weighted by atomic mass is 10.1. The van der Waals surface area contributed by atoms with E-state index in [9.17, 15) is 4.79 Å². The molecule has 1 unspecified atom stereocenters. The van der Waals surface area contributed by atoms with Crippen LogP contribution >= 0.6 is 11.6 Å². The van der Waals surface area contributed by atoms with Gasteiger partial charge in [0.15, 0.2) is 0 Å². The molecule has 1 aromatic rings. The SMILES string of the molecule is CCCCN(C(=O)c1cccc(N)c1Cl)C(C)CC. The molecule has 0 radical (unpaired) electrons. The zero-order valence-corrected chi connectivity index (χ0v) is 12.7. The predicted octanol–water partition coefficient (Wildman–Crippen LogP) is 3.96. The Morgan fingerprint density at radius 3 is 2.68 bits per heavy atom. The summed E-state index contributed by atoms with van der Waals surface area (Å²) in [5, 5.41) is 0.359. The molecule has 0 aliphatic rings. The van der Waals surface area contributed by atoms with Crippen LogP contribution in [0, 0.1) is 0 Å².